The van der Waals surface area contributed by atoms with Crippen molar-refractivity contribution in [3.63, 3.8) is 0 Å². The lowest BCUT2D eigenvalue weighted by Crippen LogP contribution is -2.45. The van der Waals surface area contributed by atoms with Gasteiger partial charge in [-0.15, -0.1) is 0 Å². The van der Waals surface area contributed by atoms with E-state index >= 15 is 0 Å². The summed E-state index contributed by atoms with van der Waals surface area (Å²) in [5.74, 6) is 0.452. The van der Waals surface area contributed by atoms with Crippen LogP contribution < -0.4 is 10.1 Å². The van der Waals surface area contributed by atoms with E-state index in [1.54, 1.807) is 13.2 Å². The number of ether oxygens (including phenoxy) is 1. The summed E-state index contributed by atoms with van der Waals surface area (Å²) in [7, 11) is 1.64. The largest absolute Gasteiger partial charge is 0.496 e. The van der Waals surface area contributed by atoms with Crippen LogP contribution in [-0.4, -0.2) is 18.6 Å². The molecule has 1 N–H and O–H groups in total. The van der Waals surface area contributed by atoms with Crippen LogP contribution in [0.15, 0.2) is 48.5 Å². The van der Waals surface area contributed by atoms with Crippen LogP contribution in [0.1, 0.15) is 44.2 Å². The number of para-hydroxylation sites is 1. The zero-order valence-electron chi connectivity index (χ0n) is 15.3. The number of rotatable bonds is 7. The average molecular weight is 343 g/mol. The van der Waals surface area contributed by atoms with E-state index in [0.717, 1.165) is 16.9 Å². The zero-order chi connectivity index (χ0) is 18.4. The quantitative estimate of drug-likeness (QED) is 0.806. The van der Waals surface area contributed by atoms with E-state index < -0.39 is 5.54 Å². The van der Waals surface area contributed by atoms with Crippen molar-refractivity contribution in [3.05, 3.63) is 65.5 Å². The van der Waals surface area contributed by atoms with Gasteiger partial charge in [0.05, 0.1) is 7.11 Å². The van der Waals surface area contributed by atoms with Gasteiger partial charge in [0.15, 0.2) is 0 Å². The number of methoxy groups -OCH3 is 1. The van der Waals surface area contributed by atoms with Crippen LogP contribution in [0.25, 0.3) is 0 Å². The van der Waals surface area contributed by atoms with Gasteiger partial charge in [-0.2, -0.15) is 0 Å². The molecule has 0 heterocycles. The number of halogens is 1. The van der Waals surface area contributed by atoms with E-state index in [1.165, 1.54) is 12.1 Å². The van der Waals surface area contributed by atoms with Crippen molar-refractivity contribution < 1.29 is 13.9 Å². The molecule has 25 heavy (non-hydrogen) atoms. The van der Waals surface area contributed by atoms with Gasteiger partial charge in [-0.3, -0.25) is 4.79 Å². The molecule has 3 nitrogen and oxygen atoms in total. The Balaban J connectivity index is 1.98. The third-order valence-electron chi connectivity index (χ3n) is 4.21. The number of amides is 1. The van der Waals surface area contributed by atoms with Crippen molar-refractivity contribution in [2.24, 2.45) is 0 Å². The molecule has 2 aromatic rings. The molecule has 0 bridgehead atoms. The summed E-state index contributed by atoms with van der Waals surface area (Å²) in [6.45, 7) is 5.91. The Kier molecular flexibility index (Phi) is 6.18. The Bertz CT molecular complexity index is 727. The smallest absolute Gasteiger partial charge is 0.221 e. The van der Waals surface area contributed by atoms with Gasteiger partial charge in [0.2, 0.25) is 5.91 Å². The molecule has 2 aromatic carbocycles. The summed E-state index contributed by atoms with van der Waals surface area (Å²) in [4.78, 5) is 12.4. The number of benzene rings is 2. The predicted molar refractivity (Wildman–Crippen MR) is 98.4 cm³/mol. The fraction of sp³-hybridized carbons (Fsp3) is 0.381. The second kappa shape index (κ2) is 8.15. The van der Waals surface area contributed by atoms with E-state index in [2.05, 4.69) is 5.32 Å². The minimum Gasteiger partial charge on any atom is -0.496 e. The highest BCUT2D eigenvalue weighted by Crippen LogP contribution is 2.24. The SMILES string of the molecule is COc1ccccc1CC(C)(C)NC(=O)CC(C)c1cccc(F)c1. The first-order chi connectivity index (χ1) is 11.8. The highest BCUT2D eigenvalue weighted by molar-refractivity contribution is 5.77. The molecular formula is C21H26FNO2. The van der Waals surface area contributed by atoms with Gasteiger partial charge in [0.25, 0.3) is 0 Å². The van der Waals surface area contributed by atoms with Crippen LogP contribution in [0.2, 0.25) is 0 Å². The molecule has 0 radical (unpaired) electrons. The number of hydrogen-bond donors (Lipinski definition) is 1. The third-order valence-corrected chi connectivity index (χ3v) is 4.21. The van der Waals surface area contributed by atoms with Crippen LogP contribution in [0.3, 0.4) is 0 Å². The fourth-order valence-electron chi connectivity index (χ4n) is 3.01. The lowest BCUT2D eigenvalue weighted by molar-refractivity contribution is -0.123. The molecule has 0 aromatic heterocycles. The Morgan fingerprint density at radius 1 is 1.20 bits per heavy atom. The van der Waals surface area contributed by atoms with Crippen molar-refractivity contribution in [3.8, 4) is 5.75 Å². The molecular weight excluding hydrogens is 317 g/mol. The summed E-state index contributed by atoms with van der Waals surface area (Å²) in [5, 5.41) is 3.08. The molecule has 134 valence electrons. The normalized spacial score (nSPS) is 12.5. The van der Waals surface area contributed by atoms with Gasteiger partial charge in [-0.05, 0) is 55.5 Å². The molecule has 0 saturated heterocycles. The van der Waals surface area contributed by atoms with Gasteiger partial charge in [0.1, 0.15) is 11.6 Å². The molecule has 0 aliphatic rings. The maximum atomic E-state index is 13.3. The summed E-state index contributed by atoms with van der Waals surface area (Å²) >= 11 is 0. The molecule has 1 atom stereocenters. The number of hydrogen-bond acceptors (Lipinski definition) is 2. The van der Waals surface area contributed by atoms with Crippen molar-refractivity contribution >= 4 is 5.91 Å². The second-order valence-electron chi connectivity index (χ2n) is 7.08. The van der Waals surface area contributed by atoms with Gasteiger partial charge >= 0.3 is 0 Å². The summed E-state index contributed by atoms with van der Waals surface area (Å²) in [6, 6.07) is 14.2. The highest BCUT2D eigenvalue weighted by Gasteiger charge is 2.23. The standard InChI is InChI=1S/C21H26FNO2/c1-15(16-9-7-10-18(22)13-16)12-20(24)23-21(2,3)14-17-8-5-6-11-19(17)25-4/h5-11,13,15H,12,14H2,1-4H3,(H,23,24). The van der Waals surface area contributed by atoms with Gasteiger partial charge < -0.3 is 10.1 Å². The minimum atomic E-state index is -0.409. The minimum absolute atomic E-state index is 0.0437. The molecule has 0 saturated carbocycles. The topological polar surface area (TPSA) is 38.3 Å². The molecule has 4 heteroatoms. The fourth-order valence-corrected chi connectivity index (χ4v) is 3.01. The maximum Gasteiger partial charge on any atom is 0.221 e. The zero-order valence-corrected chi connectivity index (χ0v) is 15.3. The van der Waals surface area contributed by atoms with E-state index in [-0.39, 0.29) is 17.6 Å². The van der Waals surface area contributed by atoms with Crippen molar-refractivity contribution in [2.75, 3.05) is 7.11 Å². The number of carbonyl (C=O) groups is 1. The highest BCUT2D eigenvalue weighted by atomic mass is 19.1. The van der Waals surface area contributed by atoms with E-state index in [9.17, 15) is 9.18 Å². The molecule has 0 spiro atoms. The molecule has 1 unspecified atom stereocenters. The third kappa shape index (κ3) is 5.59. The number of nitrogens with one attached hydrogen (secondary N) is 1. The first-order valence-electron chi connectivity index (χ1n) is 8.49. The van der Waals surface area contributed by atoms with Crippen molar-refractivity contribution in [2.45, 2.75) is 45.1 Å². The summed E-state index contributed by atoms with van der Waals surface area (Å²) < 4.78 is 18.7. The van der Waals surface area contributed by atoms with Crippen LogP contribution in [0.4, 0.5) is 4.39 Å². The Labute approximate surface area is 149 Å². The average Bonchev–Trinajstić information content (AvgIpc) is 2.54. The Morgan fingerprint density at radius 3 is 2.60 bits per heavy atom. The second-order valence-corrected chi connectivity index (χ2v) is 7.08. The van der Waals surface area contributed by atoms with Crippen LogP contribution in [-0.2, 0) is 11.2 Å². The molecule has 2 rings (SSSR count). The van der Waals surface area contributed by atoms with Crippen LogP contribution >= 0.6 is 0 Å². The van der Waals surface area contributed by atoms with E-state index in [4.69, 9.17) is 4.74 Å². The van der Waals surface area contributed by atoms with Crippen LogP contribution in [0.5, 0.6) is 5.75 Å². The lowest BCUT2D eigenvalue weighted by Gasteiger charge is -2.28. The maximum absolute atomic E-state index is 13.3. The molecule has 1 amide bonds. The summed E-state index contributed by atoms with van der Waals surface area (Å²) in [6.07, 6.45) is 0.982. The molecule has 0 fully saturated rings. The molecule has 0 aliphatic heterocycles. The number of carbonyl (C=O) groups excluding carboxylic acids is 1. The first-order valence-corrected chi connectivity index (χ1v) is 8.49. The Hall–Kier alpha value is -2.36. The van der Waals surface area contributed by atoms with Crippen molar-refractivity contribution in [1.29, 1.82) is 0 Å². The van der Waals surface area contributed by atoms with E-state index in [1.807, 2.05) is 51.1 Å². The van der Waals surface area contributed by atoms with E-state index in [0.29, 0.717) is 12.8 Å². The van der Waals surface area contributed by atoms with Gasteiger partial charge in [0, 0.05) is 12.0 Å². The summed E-state index contributed by atoms with van der Waals surface area (Å²) in [5.41, 5.74) is 1.47. The molecule has 0 aliphatic carbocycles. The Morgan fingerprint density at radius 2 is 1.92 bits per heavy atom. The van der Waals surface area contributed by atoms with Gasteiger partial charge in [-0.25, -0.2) is 4.39 Å². The predicted octanol–water partition coefficient (Wildman–Crippen LogP) is 4.47. The monoisotopic (exact) mass is 343 g/mol. The van der Waals surface area contributed by atoms with Crippen LogP contribution in [0, 0.1) is 5.82 Å². The van der Waals surface area contributed by atoms with Crippen molar-refractivity contribution in [1.82, 2.24) is 5.32 Å². The van der Waals surface area contributed by atoms with Gasteiger partial charge in [-0.1, -0.05) is 37.3 Å². The lowest BCUT2D eigenvalue weighted by atomic mass is 9.92. The first kappa shape index (κ1) is 19.0.